The molecule has 1 N–H and O–H groups in total. The maximum Gasteiger partial charge on any atom is 0.325 e. The first-order valence-electron chi connectivity index (χ1n) is 10.4. The first kappa shape index (κ1) is 24.0. The van der Waals surface area contributed by atoms with E-state index in [4.69, 9.17) is 14.6 Å². The van der Waals surface area contributed by atoms with E-state index >= 15 is 0 Å². The second-order valence-electron chi connectivity index (χ2n) is 7.39. The van der Waals surface area contributed by atoms with Crippen molar-refractivity contribution in [3.8, 4) is 22.8 Å². The number of para-hydroxylation sites is 1. The Hall–Kier alpha value is -3.18. The van der Waals surface area contributed by atoms with Gasteiger partial charge in [-0.3, -0.25) is 19.4 Å². The van der Waals surface area contributed by atoms with Gasteiger partial charge in [-0.05, 0) is 34.7 Å². The molecule has 9 nitrogen and oxygen atoms in total. The van der Waals surface area contributed by atoms with Crippen LogP contribution in [0, 0.1) is 0 Å². The standard InChI is InChI=1S/C23H21BrN4O5S/c1-5-34-23-25-21(31)19-15-8-6-7-9-17(15)27(12(2)29)22(28(19)26-23)16-10-14(24)11-18(32-4)20(16)33-13(3)30/h6-11,22H,5H2,1-4H3/p+1/t22-/m1/s1. The Morgan fingerprint density at radius 2 is 2.00 bits per heavy atom. The fourth-order valence-electron chi connectivity index (χ4n) is 3.98. The Kier molecular flexibility index (Phi) is 6.76. The van der Waals surface area contributed by atoms with E-state index < -0.39 is 12.1 Å². The van der Waals surface area contributed by atoms with Gasteiger partial charge in [0.25, 0.3) is 6.17 Å². The zero-order valence-electron chi connectivity index (χ0n) is 18.9. The number of carbonyl (C=O) groups is 2. The van der Waals surface area contributed by atoms with Crippen LogP contribution < -0.4 is 24.6 Å². The number of hydrogen-bond acceptors (Lipinski definition) is 7. The van der Waals surface area contributed by atoms with Gasteiger partial charge in [0.15, 0.2) is 11.5 Å². The minimum absolute atomic E-state index is 0.138. The molecule has 2 heterocycles. The second kappa shape index (κ2) is 9.59. The van der Waals surface area contributed by atoms with Gasteiger partial charge < -0.3 is 9.47 Å². The van der Waals surface area contributed by atoms with Crippen LogP contribution in [0.5, 0.6) is 11.5 Å². The van der Waals surface area contributed by atoms with E-state index in [-0.39, 0.29) is 28.7 Å². The average molecular weight is 546 g/mol. The largest absolute Gasteiger partial charge is 0.493 e. The lowest BCUT2D eigenvalue weighted by Crippen LogP contribution is -2.60. The number of aromatic amines is 1. The summed E-state index contributed by atoms with van der Waals surface area (Å²) in [6.07, 6.45) is -0.929. The van der Waals surface area contributed by atoms with E-state index in [1.54, 1.807) is 36.4 Å². The summed E-state index contributed by atoms with van der Waals surface area (Å²) in [5, 5.41) is 5.10. The highest BCUT2D eigenvalue weighted by molar-refractivity contribution is 9.10. The Balaban J connectivity index is 2.13. The number of rotatable bonds is 5. The van der Waals surface area contributed by atoms with Gasteiger partial charge in [0.05, 0.1) is 23.9 Å². The van der Waals surface area contributed by atoms with Gasteiger partial charge in [0, 0.05) is 23.4 Å². The van der Waals surface area contributed by atoms with E-state index in [9.17, 15) is 14.4 Å². The van der Waals surface area contributed by atoms with Crippen molar-refractivity contribution in [2.24, 2.45) is 0 Å². The molecule has 0 fully saturated rings. The van der Waals surface area contributed by atoms with Crippen molar-refractivity contribution < 1.29 is 23.7 Å². The predicted octanol–water partition coefficient (Wildman–Crippen LogP) is 3.45. The van der Waals surface area contributed by atoms with Gasteiger partial charge >= 0.3 is 17.2 Å². The molecular formula is C23H22BrN4O5S+. The molecule has 1 aliphatic rings. The number of hydrogen-bond donors (Lipinski definition) is 1. The van der Waals surface area contributed by atoms with Crippen molar-refractivity contribution in [1.82, 2.24) is 10.1 Å². The minimum atomic E-state index is -0.929. The first-order chi connectivity index (χ1) is 16.3. The van der Waals surface area contributed by atoms with Crippen LogP contribution in [0.4, 0.5) is 5.69 Å². The number of nitrogens with one attached hydrogen (secondary N) is 1. The molecule has 176 valence electrons. The van der Waals surface area contributed by atoms with Gasteiger partial charge in [-0.2, -0.15) is 0 Å². The van der Waals surface area contributed by atoms with E-state index in [0.29, 0.717) is 32.2 Å². The highest BCUT2D eigenvalue weighted by atomic mass is 79.9. The molecule has 4 rings (SSSR count). The molecule has 0 saturated carbocycles. The maximum absolute atomic E-state index is 13.3. The number of ether oxygens (including phenoxy) is 2. The van der Waals surface area contributed by atoms with E-state index in [1.807, 2.05) is 6.92 Å². The number of H-pyrrole nitrogens is 1. The summed E-state index contributed by atoms with van der Waals surface area (Å²) in [6, 6.07) is 10.5. The van der Waals surface area contributed by atoms with Crippen molar-refractivity contribution >= 4 is 45.3 Å². The molecule has 0 bridgehead atoms. The number of amides is 1. The molecular weight excluding hydrogens is 524 g/mol. The van der Waals surface area contributed by atoms with Gasteiger partial charge in [0.2, 0.25) is 11.1 Å². The van der Waals surface area contributed by atoms with E-state index in [0.717, 1.165) is 0 Å². The van der Waals surface area contributed by atoms with Crippen LogP contribution in [-0.2, 0) is 9.59 Å². The number of anilines is 1. The number of halogens is 1. The third kappa shape index (κ3) is 4.21. The Labute approximate surface area is 208 Å². The van der Waals surface area contributed by atoms with Crippen molar-refractivity contribution in [1.29, 1.82) is 0 Å². The summed E-state index contributed by atoms with van der Waals surface area (Å²) < 4.78 is 13.2. The normalized spacial score (nSPS) is 14.3. The number of aromatic nitrogens is 3. The molecule has 11 heteroatoms. The van der Waals surface area contributed by atoms with Crippen LogP contribution in [0.2, 0.25) is 0 Å². The number of benzene rings is 2. The predicted molar refractivity (Wildman–Crippen MR) is 130 cm³/mol. The van der Waals surface area contributed by atoms with Crippen LogP contribution in [0.3, 0.4) is 0 Å². The van der Waals surface area contributed by atoms with Crippen molar-refractivity contribution in [2.75, 3.05) is 17.8 Å². The Morgan fingerprint density at radius 1 is 1.26 bits per heavy atom. The Bertz CT molecular complexity index is 1360. The summed E-state index contributed by atoms with van der Waals surface area (Å²) in [5.41, 5.74) is 1.46. The Morgan fingerprint density at radius 3 is 2.65 bits per heavy atom. The van der Waals surface area contributed by atoms with Gasteiger partial charge in [-0.25, -0.2) is 4.90 Å². The molecule has 34 heavy (non-hydrogen) atoms. The lowest BCUT2D eigenvalue weighted by molar-refractivity contribution is -0.763. The molecule has 3 aromatic rings. The number of esters is 1. The third-order valence-electron chi connectivity index (χ3n) is 5.17. The zero-order chi connectivity index (χ0) is 24.6. The molecule has 0 radical (unpaired) electrons. The lowest BCUT2D eigenvalue weighted by Gasteiger charge is -2.32. The lowest BCUT2D eigenvalue weighted by atomic mass is 10.0. The molecule has 0 unspecified atom stereocenters. The highest BCUT2D eigenvalue weighted by Crippen LogP contribution is 2.44. The van der Waals surface area contributed by atoms with Gasteiger partial charge in [-0.15, -0.1) is 0 Å². The van der Waals surface area contributed by atoms with Crippen molar-refractivity contribution in [3.63, 3.8) is 0 Å². The second-order valence-corrected chi connectivity index (χ2v) is 9.55. The number of carbonyl (C=O) groups excluding carboxylic acids is 2. The highest BCUT2D eigenvalue weighted by Gasteiger charge is 2.47. The van der Waals surface area contributed by atoms with Crippen LogP contribution in [0.1, 0.15) is 32.5 Å². The quantitative estimate of drug-likeness (QED) is 0.226. The van der Waals surface area contributed by atoms with Crippen molar-refractivity contribution in [3.05, 3.63) is 56.8 Å². The van der Waals surface area contributed by atoms with Crippen LogP contribution in [0.25, 0.3) is 11.3 Å². The molecule has 0 aliphatic carbocycles. The van der Waals surface area contributed by atoms with Crippen molar-refractivity contribution in [2.45, 2.75) is 32.1 Å². The molecule has 2 aromatic carbocycles. The smallest absolute Gasteiger partial charge is 0.325 e. The SMILES string of the molecule is CCSc1n[n+]2c(c(=O)[nH]1)-c1ccccc1N(C(C)=O)[C@H]2c1cc(Br)cc(OC)c1OC(C)=O. The summed E-state index contributed by atoms with van der Waals surface area (Å²) in [5.74, 6) is 0.272. The molecule has 1 atom stereocenters. The summed E-state index contributed by atoms with van der Waals surface area (Å²) >= 11 is 4.84. The fourth-order valence-corrected chi connectivity index (χ4v) is 5.02. The maximum atomic E-state index is 13.3. The fraction of sp³-hybridized carbons (Fsp3) is 0.261. The number of methoxy groups -OCH3 is 1. The summed E-state index contributed by atoms with van der Waals surface area (Å²) in [4.78, 5) is 42.7. The molecule has 0 spiro atoms. The molecule has 0 saturated heterocycles. The van der Waals surface area contributed by atoms with Gasteiger partial charge in [0.1, 0.15) is 0 Å². The summed E-state index contributed by atoms with van der Waals surface area (Å²) in [7, 11) is 1.46. The first-order valence-corrected chi connectivity index (χ1v) is 12.2. The number of nitrogens with zero attached hydrogens (tertiary/aromatic N) is 3. The summed E-state index contributed by atoms with van der Waals surface area (Å²) in [6.45, 7) is 4.66. The zero-order valence-corrected chi connectivity index (χ0v) is 21.3. The molecule has 1 aromatic heterocycles. The van der Waals surface area contributed by atoms with E-state index in [2.05, 4.69) is 20.9 Å². The topological polar surface area (TPSA) is 105 Å². The van der Waals surface area contributed by atoms with Crippen LogP contribution in [-0.4, -0.2) is 34.8 Å². The molecule has 1 amide bonds. The molecule has 1 aliphatic heterocycles. The average Bonchev–Trinajstić information content (AvgIpc) is 2.78. The minimum Gasteiger partial charge on any atom is -0.493 e. The number of thioether (sulfide) groups is 1. The van der Waals surface area contributed by atoms with Gasteiger partial charge in [-0.1, -0.05) is 46.7 Å². The van der Waals surface area contributed by atoms with Crippen LogP contribution in [0.15, 0.2) is 50.8 Å². The number of fused-ring (bicyclic) bond motifs is 3. The third-order valence-corrected chi connectivity index (χ3v) is 6.37. The monoisotopic (exact) mass is 545 g/mol. The van der Waals surface area contributed by atoms with E-state index in [1.165, 1.54) is 42.3 Å². The van der Waals surface area contributed by atoms with Crippen LogP contribution >= 0.6 is 27.7 Å².